The number of carbonyl (C=O) groups is 1. The number of carbonyl (C=O) groups excluding carboxylic acids is 1. The van der Waals surface area contributed by atoms with E-state index in [2.05, 4.69) is 20.7 Å². The van der Waals surface area contributed by atoms with Gasteiger partial charge in [0.25, 0.3) is 0 Å². The fraction of sp³-hybridized carbons (Fsp3) is 0.522. The van der Waals surface area contributed by atoms with Crippen LogP contribution in [0.2, 0.25) is 5.02 Å². The van der Waals surface area contributed by atoms with Gasteiger partial charge in [-0.2, -0.15) is 5.10 Å². The third kappa shape index (κ3) is 6.15. The zero-order chi connectivity index (χ0) is 21.6. The van der Waals surface area contributed by atoms with Gasteiger partial charge in [0.1, 0.15) is 0 Å². The van der Waals surface area contributed by atoms with Crippen LogP contribution in [-0.2, 0) is 4.79 Å². The van der Waals surface area contributed by atoms with Crippen LogP contribution in [0.15, 0.2) is 47.7 Å². The first kappa shape index (κ1) is 24.8. The fourth-order valence-corrected chi connectivity index (χ4v) is 4.73. The summed E-state index contributed by atoms with van der Waals surface area (Å²) in [6.45, 7) is 2.20. The van der Waals surface area contributed by atoms with Gasteiger partial charge in [-0.25, -0.2) is 0 Å². The monoisotopic (exact) mass is 570 g/mol. The highest BCUT2D eigenvalue weighted by Crippen LogP contribution is 2.28. The first-order chi connectivity index (χ1) is 15.1. The molecule has 9 heteroatoms. The van der Waals surface area contributed by atoms with E-state index in [-0.39, 0.29) is 42.0 Å². The molecule has 1 aromatic carbocycles. The number of benzene rings is 1. The highest BCUT2D eigenvalue weighted by Gasteiger charge is 2.32. The standard InChI is InChI=1S/C23H31ClN6O.HI/c1-25-23(28-20-11-14-29(16-20)22(31)18-5-2-3-6-18)26-15-21(30-13-4-12-27-30)17-7-9-19(24)10-8-17;/h4,7-10,12-13,18,20-21H,2-3,5-6,11,14-16H2,1H3,(H2,25,26,28);1H. The average Bonchev–Trinajstić information content (AvgIpc) is 3.56. The van der Waals surface area contributed by atoms with Crippen molar-refractivity contribution in [3.8, 4) is 0 Å². The molecule has 0 radical (unpaired) electrons. The molecule has 2 N–H and O–H groups in total. The van der Waals surface area contributed by atoms with Crippen LogP contribution in [0.5, 0.6) is 0 Å². The SMILES string of the molecule is CN=C(NCC(c1ccc(Cl)cc1)n1cccn1)NC1CCN(C(=O)C2CCCC2)C1.I. The number of hydrogen-bond acceptors (Lipinski definition) is 3. The molecule has 1 aliphatic carbocycles. The van der Waals surface area contributed by atoms with Crippen molar-refractivity contribution in [3.05, 3.63) is 53.3 Å². The van der Waals surface area contributed by atoms with Gasteiger partial charge in [0.15, 0.2) is 5.96 Å². The zero-order valence-corrected chi connectivity index (χ0v) is 21.5. The first-order valence-corrected chi connectivity index (χ1v) is 11.5. The molecular formula is C23H32ClIN6O. The molecule has 4 rings (SSSR count). The van der Waals surface area contributed by atoms with Crippen molar-refractivity contribution >= 4 is 47.4 Å². The zero-order valence-electron chi connectivity index (χ0n) is 18.4. The molecule has 0 bridgehead atoms. The van der Waals surface area contributed by atoms with Crippen molar-refractivity contribution < 1.29 is 4.79 Å². The summed E-state index contributed by atoms with van der Waals surface area (Å²) in [6, 6.07) is 9.99. The molecule has 32 heavy (non-hydrogen) atoms. The average molecular weight is 571 g/mol. The third-order valence-electron chi connectivity index (χ3n) is 6.33. The normalized spacial score (nSPS) is 20.1. The summed E-state index contributed by atoms with van der Waals surface area (Å²) in [5, 5.41) is 12.1. The predicted octanol–water partition coefficient (Wildman–Crippen LogP) is 3.70. The minimum absolute atomic E-state index is 0. The Hall–Kier alpha value is -1.81. The van der Waals surface area contributed by atoms with Gasteiger partial charge >= 0.3 is 0 Å². The number of nitrogens with zero attached hydrogens (tertiary/aromatic N) is 4. The van der Waals surface area contributed by atoms with Gasteiger partial charge in [0.2, 0.25) is 5.91 Å². The summed E-state index contributed by atoms with van der Waals surface area (Å²) < 4.78 is 1.93. The Morgan fingerprint density at radius 2 is 2.00 bits per heavy atom. The lowest BCUT2D eigenvalue weighted by molar-refractivity contribution is -0.134. The maximum Gasteiger partial charge on any atom is 0.225 e. The van der Waals surface area contributed by atoms with E-state index in [4.69, 9.17) is 11.6 Å². The molecule has 0 spiro atoms. The summed E-state index contributed by atoms with van der Waals surface area (Å²) in [6.07, 6.45) is 9.16. The molecule has 2 aromatic rings. The number of rotatable bonds is 6. The van der Waals surface area contributed by atoms with Crippen LogP contribution in [-0.4, -0.2) is 59.3 Å². The maximum atomic E-state index is 12.7. The van der Waals surface area contributed by atoms with Crippen LogP contribution in [0.1, 0.15) is 43.7 Å². The maximum absolute atomic E-state index is 12.7. The lowest BCUT2D eigenvalue weighted by Gasteiger charge is -2.23. The van der Waals surface area contributed by atoms with Gasteiger partial charge in [0, 0.05) is 56.1 Å². The van der Waals surface area contributed by atoms with Crippen molar-refractivity contribution in [3.63, 3.8) is 0 Å². The molecule has 1 saturated carbocycles. The number of amides is 1. The second-order valence-electron chi connectivity index (χ2n) is 8.40. The quantitative estimate of drug-likeness (QED) is 0.316. The third-order valence-corrected chi connectivity index (χ3v) is 6.58. The van der Waals surface area contributed by atoms with Crippen molar-refractivity contribution in [1.82, 2.24) is 25.3 Å². The second kappa shape index (κ2) is 11.9. The van der Waals surface area contributed by atoms with Gasteiger partial charge in [0.05, 0.1) is 6.04 Å². The van der Waals surface area contributed by atoms with Gasteiger partial charge in [-0.1, -0.05) is 36.6 Å². The number of guanidine groups is 1. The van der Waals surface area contributed by atoms with Gasteiger partial charge < -0.3 is 15.5 Å². The van der Waals surface area contributed by atoms with Gasteiger partial charge in [-0.3, -0.25) is 14.5 Å². The molecular weight excluding hydrogens is 539 g/mol. The number of nitrogens with one attached hydrogen (secondary N) is 2. The van der Waals surface area contributed by atoms with E-state index in [1.54, 1.807) is 13.2 Å². The molecule has 2 unspecified atom stereocenters. The highest BCUT2D eigenvalue weighted by atomic mass is 127. The smallest absolute Gasteiger partial charge is 0.225 e. The van der Waals surface area contributed by atoms with Crippen LogP contribution in [0.3, 0.4) is 0 Å². The van der Waals surface area contributed by atoms with E-state index in [0.717, 1.165) is 43.9 Å². The minimum atomic E-state index is 0. The van der Waals surface area contributed by atoms with Crippen LogP contribution in [0.4, 0.5) is 0 Å². The van der Waals surface area contributed by atoms with Crippen molar-refractivity contribution in [2.75, 3.05) is 26.7 Å². The summed E-state index contributed by atoms with van der Waals surface area (Å²) in [5.41, 5.74) is 1.12. The molecule has 2 aliphatic rings. The molecule has 1 aliphatic heterocycles. The van der Waals surface area contributed by atoms with Crippen LogP contribution in [0, 0.1) is 5.92 Å². The van der Waals surface area contributed by atoms with E-state index in [0.29, 0.717) is 17.5 Å². The Morgan fingerprint density at radius 3 is 2.66 bits per heavy atom. The number of halogens is 2. The topological polar surface area (TPSA) is 74.6 Å². The molecule has 1 aromatic heterocycles. The molecule has 2 fully saturated rings. The Morgan fingerprint density at radius 1 is 1.25 bits per heavy atom. The Labute approximate surface area is 212 Å². The van der Waals surface area contributed by atoms with Crippen molar-refractivity contribution in [2.45, 2.75) is 44.2 Å². The van der Waals surface area contributed by atoms with E-state index in [1.165, 1.54) is 12.8 Å². The number of likely N-dealkylation sites (tertiary alicyclic amines) is 1. The Kier molecular flexibility index (Phi) is 9.22. The largest absolute Gasteiger partial charge is 0.354 e. The summed E-state index contributed by atoms with van der Waals surface area (Å²) >= 11 is 6.07. The summed E-state index contributed by atoms with van der Waals surface area (Å²) in [4.78, 5) is 19.1. The Balaban J connectivity index is 0.00000289. The van der Waals surface area contributed by atoms with Gasteiger partial charge in [-0.15, -0.1) is 24.0 Å². The van der Waals surface area contributed by atoms with Crippen molar-refractivity contribution in [1.29, 1.82) is 0 Å². The molecule has 174 valence electrons. The lowest BCUT2D eigenvalue weighted by Crippen LogP contribution is -2.46. The number of aromatic nitrogens is 2. The summed E-state index contributed by atoms with van der Waals surface area (Å²) in [5.74, 6) is 1.32. The van der Waals surface area contributed by atoms with E-state index in [9.17, 15) is 4.79 Å². The molecule has 7 nitrogen and oxygen atoms in total. The second-order valence-corrected chi connectivity index (χ2v) is 8.84. The van der Waals surface area contributed by atoms with Crippen LogP contribution in [0.25, 0.3) is 0 Å². The summed E-state index contributed by atoms with van der Waals surface area (Å²) in [7, 11) is 1.77. The number of aliphatic imine (C=N–C) groups is 1. The van der Waals surface area contributed by atoms with E-state index < -0.39 is 0 Å². The Bertz CT molecular complexity index is 882. The fourth-order valence-electron chi connectivity index (χ4n) is 4.60. The van der Waals surface area contributed by atoms with E-state index >= 15 is 0 Å². The van der Waals surface area contributed by atoms with Crippen LogP contribution >= 0.6 is 35.6 Å². The minimum Gasteiger partial charge on any atom is -0.354 e. The molecule has 1 amide bonds. The van der Waals surface area contributed by atoms with Crippen LogP contribution < -0.4 is 10.6 Å². The lowest BCUT2D eigenvalue weighted by atomic mass is 10.1. The predicted molar refractivity (Wildman–Crippen MR) is 139 cm³/mol. The van der Waals surface area contributed by atoms with Gasteiger partial charge in [-0.05, 0) is 43.0 Å². The van der Waals surface area contributed by atoms with Crippen molar-refractivity contribution in [2.24, 2.45) is 10.9 Å². The number of hydrogen-bond donors (Lipinski definition) is 2. The molecule has 2 atom stereocenters. The molecule has 2 heterocycles. The molecule has 1 saturated heterocycles. The van der Waals surface area contributed by atoms with E-state index in [1.807, 2.05) is 46.1 Å². The highest BCUT2D eigenvalue weighted by molar-refractivity contribution is 14.0. The first-order valence-electron chi connectivity index (χ1n) is 11.1.